The number of ether oxygens (including phenoxy) is 2. The quantitative estimate of drug-likeness (QED) is 0.433. The van der Waals surface area contributed by atoms with Crippen molar-refractivity contribution in [1.82, 2.24) is 0 Å². The van der Waals surface area contributed by atoms with E-state index in [4.69, 9.17) is 14.6 Å². The maximum atomic E-state index is 11.9. The summed E-state index contributed by atoms with van der Waals surface area (Å²) in [7, 11) is 0. The molecule has 2 aromatic carbocycles. The van der Waals surface area contributed by atoms with Crippen LogP contribution in [-0.2, 0) is 11.2 Å². The highest BCUT2D eigenvalue weighted by atomic mass is 16.5. The van der Waals surface area contributed by atoms with Crippen LogP contribution in [0.25, 0.3) is 0 Å². The summed E-state index contributed by atoms with van der Waals surface area (Å²) in [6, 6.07) is 9.90. The number of rotatable bonds is 13. The van der Waals surface area contributed by atoms with Crippen LogP contribution < -0.4 is 9.47 Å². The van der Waals surface area contributed by atoms with Gasteiger partial charge in [-0.15, -0.1) is 0 Å². The lowest BCUT2D eigenvalue weighted by Gasteiger charge is -2.18. The molecule has 0 aliphatic carbocycles. The van der Waals surface area contributed by atoms with Crippen molar-refractivity contribution in [2.24, 2.45) is 5.92 Å². The number of phenols is 1. The molecule has 2 N–H and O–H groups in total. The van der Waals surface area contributed by atoms with E-state index in [2.05, 4.69) is 0 Å². The first-order chi connectivity index (χ1) is 15.2. The Morgan fingerprint density at radius 3 is 2.22 bits per heavy atom. The summed E-state index contributed by atoms with van der Waals surface area (Å²) >= 11 is 0. The van der Waals surface area contributed by atoms with E-state index in [1.807, 2.05) is 13.8 Å². The van der Waals surface area contributed by atoms with Gasteiger partial charge in [-0.3, -0.25) is 14.4 Å². The van der Waals surface area contributed by atoms with E-state index >= 15 is 0 Å². The van der Waals surface area contributed by atoms with E-state index in [1.165, 1.54) is 6.92 Å². The zero-order valence-corrected chi connectivity index (χ0v) is 18.7. The second kappa shape index (κ2) is 11.9. The van der Waals surface area contributed by atoms with Crippen LogP contribution in [0.2, 0.25) is 0 Å². The lowest BCUT2D eigenvalue weighted by molar-refractivity contribution is -0.136. The molecule has 0 bridgehead atoms. The van der Waals surface area contributed by atoms with E-state index in [-0.39, 0.29) is 36.1 Å². The molecule has 0 aliphatic heterocycles. The molecule has 2 aromatic rings. The maximum Gasteiger partial charge on any atom is 0.303 e. The van der Waals surface area contributed by atoms with Gasteiger partial charge in [0.05, 0.1) is 25.2 Å². The predicted octanol–water partition coefficient (Wildman–Crippen LogP) is 4.69. The molecule has 32 heavy (non-hydrogen) atoms. The predicted molar refractivity (Wildman–Crippen MR) is 120 cm³/mol. The molecule has 7 heteroatoms. The van der Waals surface area contributed by atoms with Crippen LogP contribution >= 0.6 is 0 Å². The van der Waals surface area contributed by atoms with Crippen molar-refractivity contribution in [3.05, 3.63) is 53.1 Å². The molecule has 0 heterocycles. The van der Waals surface area contributed by atoms with Crippen molar-refractivity contribution in [2.75, 3.05) is 13.2 Å². The fraction of sp³-hybridized carbons (Fsp3) is 0.400. The Morgan fingerprint density at radius 2 is 1.62 bits per heavy atom. The first kappa shape index (κ1) is 24.9. The molecular formula is C25H30O7. The highest BCUT2D eigenvalue weighted by Crippen LogP contribution is 2.33. The van der Waals surface area contributed by atoms with Crippen LogP contribution in [-0.4, -0.2) is 41.0 Å². The Hall–Kier alpha value is -3.35. The first-order valence-electron chi connectivity index (χ1n) is 10.7. The number of aromatic hydroxyl groups is 1. The Labute approximate surface area is 188 Å². The van der Waals surface area contributed by atoms with Crippen LogP contribution in [0.15, 0.2) is 36.4 Å². The Kier molecular flexibility index (Phi) is 9.25. The number of aliphatic carboxylic acids is 1. The standard InChI is InChI=1S/C25H30O7/c1-4-5-21-23(12-10-20(17(3)26)25(21)30)32-15-16(2)14-31-19-8-6-18(7-9-19)22(27)11-13-24(28)29/h6-10,12,16,30H,4-5,11,13-15H2,1-3H3,(H,28,29). The number of hydrogen-bond donors (Lipinski definition) is 2. The SMILES string of the molecule is CCCc1c(OCC(C)COc2ccc(C(=O)CCC(=O)O)cc2)ccc(C(C)=O)c1O. The van der Waals surface area contributed by atoms with E-state index in [0.29, 0.717) is 47.8 Å². The van der Waals surface area contributed by atoms with E-state index in [0.717, 1.165) is 6.42 Å². The van der Waals surface area contributed by atoms with Crippen molar-refractivity contribution in [1.29, 1.82) is 0 Å². The number of carboxylic acids is 1. The molecule has 1 atom stereocenters. The number of ketones is 2. The molecule has 7 nitrogen and oxygen atoms in total. The molecule has 0 spiro atoms. The summed E-state index contributed by atoms with van der Waals surface area (Å²) in [5.74, 6) is -0.228. The van der Waals surface area contributed by atoms with Crippen molar-refractivity contribution in [3.63, 3.8) is 0 Å². The fourth-order valence-electron chi connectivity index (χ4n) is 3.15. The maximum absolute atomic E-state index is 11.9. The summed E-state index contributed by atoms with van der Waals surface area (Å²) in [6.07, 6.45) is 1.18. The number of benzene rings is 2. The summed E-state index contributed by atoms with van der Waals surface area (Å²) in [5, 5.41) is 19.1. The van der Waals surface area contributed by atoms with Gasteiger partial charge in [0.1, 0.15) is 17.2 Å². The number of hydrogen-bond acceptors (Lipinski definition) is 6. The molecule has 1 unspecified atom stereocenters. The smallest absolute Gasteiger partial charge is 0.303 e. The zero-order chi connectivity index (χ0) is 23.7. The fourth-order valence-corrected chi connectivity index (χ4v) is 3.15. The van der Waals surface area contributed by atoms with Gasteiger partial charge in [0.15, 0.2) is 11.6 Å². The number of carboxylic acid groups (broad SMARTS) is 1. The molecular weight excluding hydrogens is 412 g/mol. The van der Waals surface area contributed by atoms with Gasteiger partial charge in [0.25, 0.3) is 0 Å². The monoisotopic (exact) mass is 442 g/mol. The Bertz CT molecular complexity index is 948. The molecule has 2 rings (SSSR count). The summed E-state index contributed by atoms with van der Waals surface area (Å²) in [6.45, 7) is 6.12. The van der Waals surface area contributed by atoms with Gasteiger partial charge in [0.2, 0.25) is 0 Å². The third-order valence-electron chi connectivity index (χ3n) is 4.92. The minimum atomic E-state index is -0.999. The Morgan fingerprint density at radius 1 is 0.969 bits per heavy atom. The van der Waals surface area contributed by atoms with E-state index in [9.17, 15) is 19.5 Å². The second-order valence-corrected chi connectivity index (χ2v) is 7.81. The number of Topliss-reactive ketones (excluding diaryl/α,β-unsaturated/α-hetero) is 2. The minimum absolute atomic E-state index is 0.0151. The topological polar surface area (TPSA) is 110 Å². The van der Waals surface area contributed by atoms with Crippen LogP contribution in [0, 0.1) is 5.92 Å². The average Bonchev–Trinajstić information content (AvgIpc) is 2.76. The van der Waals surface area contributed by atoms with Gasteiger partial charge < -0.3 is 19.7 Å². The normalized spacial score (nSPS) is 11.6. The van der Waals surface area contributed by atoms with Crippen LogP contribution in [0.3, 0.4) is 0 Å². The van der Waals surface area contributed by atoms with E-state index in [1.54, 1.807) is 36.4 Å². The lowest BCUT2D eigenvalue weighted by Crippen LogP contribution is -2.17. The average molecular weight is 443 g/mol. The van der Waals surface area contributed by atoms with Crippen LogP contribution in [0.5, 0.6) is 17.2 Å². The largest absolute Gasteiger partial charge is 0.507 e. The van der Waals surface area contributed by atoms with Gasteiger partial charge in [0, 0.05) is 23.5 Å². The molecule has 0 radical (unpaired) electrons. The third-order valence-corrected chi connectivity index (χ3v) is 4.92. The van der Waals surface area contributed by atoms with Gasteiger partial charge in [-0.25, -0.2) is 0 Å². The van der Waals surface area contributed by atoms with Gasteiger partial charge in [-0.2, -0.15) is 0 Å². The summed E-state index contributed by atoms with van der Waals surface area (Å²) in [5.41, 5.74) is 1.38. The van der Waals surface area contributed by atoms with Crippen molar-refractivity contribution < 1.29 is 34.1 Å². The molecule has 0 saturated carbocycles. The lowest BCUT2D eigenvalue weighted by atomic mass is 10.0. The minimum Gasteiger partial charge on any atom is -0.507 e. The second-order valence-electron chi connectivity index (χ2n) is 7.81. The molecule has 0 saturated heterocycles. The van der Waals surface area contributed by atoms with Gasteiger partial charge in [-0.1, -0.05) is 20.3 Å². The van der Waals surface area contributed by atoms with Crippen molar-refractivity contribution >= 4 is 17.5 Å². The van der Waals surface area contributed by atoms with Gasteiger partial charge >= 0.3 is 5.97 Å². The number of carbonyl (C=O) groups excluding carboxylic acids is 2. The summed E-state index contributed by atoms with van der Waals surface area (Å²) in [4.78, 5) is 34.2. The highest BCUT2D eigenvalue weighted by Gasteiger charge is 2.17. The molecule has 0 fully saturated rings. The first-order valence-corrected chi connectivity index (χ1v) is 10.7. The Balaban J connectivity index is 1.90. The molecule has 172 valence electrons. The molecule has 0 amide bonds. The third kappa shape index (κ3) is 7.11. The number of phenolic OH excluding ortho intramolecular Hbond substituents is 1. The van der Waals surface area contributed by atoms with Crippen molar-refractivity contribution in [2.45, 2.75) is 46.5 Å². The molecule has 0 aliphatic rings. The van der Waals surface area contributed by atoms with E-state index < -0.39 is 5.97 Å². The number of carbonyl (C=O) groups is 3. The summed E-state index contributed by atoms with van der Waals surface area (Å²) < 4.78 is 11.7. The van der Waals surface area contributed by atoms with Crippen LogP contribution in [0.1, 0.15) is 66.3 Å². The highest BCUT2D eigenvalue weighted by molar-refractivity contribution is 5.98. The zero-order valence-electron chi connectivity index (χ0n) is 18.7. The van der Waals surface area contributed by atoms with Crippen molar-refractivity contribution in [3.8, 4) is 17.2 Å². The van der Waals surface area contributed by atoms with Gasteiger partial charge in [-0.05, 0) is 49.7 Å². The molecule has 0 aromatic heterocycles. The van der Waals surface area contributed by atoms with Crippen LogP contribution in [0.4, 0.5) is 0 Å².